The molecule has 7 heteroatoms. The van der Waals surface area contributed by atoms with Gasteiger partial charge in [0, 0.05) is 18.4 Å². The van der Waals surface area contributed by atoms with Gasteiger partial charge in [0.1, 0.15) is 0 Å². The highest BCUT2D eigenvalue weighted by molar-refractivity contribution is 8.09. The van der Waals surface area contributed by atoms with Gasteiger partial charge < -0.3 is 5.11 Å². The van der Waals surface area contributed by atoms with Crippen LogP contribution < -0.4 is 0 Å². The number of hydrogen-bond donors (Lipinski definition) is 1. The van der Waals surface area contributed by atoms with Gasteiger partial charge in [0.25, 0.3) is 4.27 Å². The van der Waals surface area contributed by atoms with E-state index in [1.165, 1.54) is 0 Å². The Morgan fingerprint density at radius 2 is 1.42 bits per heavy atom. The van der Waals surface area contributed by atoms with Crippen LogP contribution in [0.15, 0.2) is 0 Å². The standard InChI is InChI=1S/C12H22O5S2/c1-7-8(2)10-5-9(7)6-11(10)12(13,18(3,14)15)19(4,16)17/h7-11,13H,5-6H2,1-4H3. The largest absolute Gasteiger partial charge is 0.362 e. The van der Waals surface area contributed by atoms with E-state index >= 15 is 0 Å². The molecule has 5 unspecified atom stereocenters. The van der Waals surface area contributed by atoms with Crippen molar-refractivity contribution in [3.63, 3.8) is 0 Å². The normalized spacial score (nSPS) is 39.7. The van der Waals surface area contributed by atoms with Crippen molar-refractivity contribution in [3.05, 3.63) is 0 Å². The quantitative estimate of drug-likeness (QED) is 0.827. The summed E-state index contributed by atoms with van der Waals surface area (Å²) in [5.74, 6) is 0.298. The summed E-state index contributed by atoms with van der Waals surface area (Å²) in [6.45, 7) is 4.14. The number of sulfone groups is 2. The summed E-state index contributed by atoms with van der Waals surface area (Å²) >= 11 is 0. The minimum Gasteiger partial charge on any atom is -0.362 e. The van der Waals surface area contributed by atoms with Crippen molar-refractivity contribution in [2.24, 2.45) is 29.6 Å². The van der Waals surface area contributed by atoms with Crippen molar-refractivity contribution in [2.75, 3.05) is 12.5 Å². The Kier molecular flexibility index (Phi) is 3.35. The first kappa shape index (κ1) is 15.3. The van der Waals surface area contributed by atoms with Crippen LogP contribution in [-0.4, -0.2) is 38.7 Å². The number of fused-ring (bicyclic) bond motifs is 2. The fourth-order valence-corrected chi connectivity index (χ4v) is 8.03. The molecule has 0 aromatic rings. The SMILES string of the molecule is CC1C2CC(C1C)C(C(O)(S(C)(=O)=O)S(C)(=O)=O)C2. The van der Waals surface area contributed by atoms with Crippen LogP contribution in [0.2, 0.25) is 0 Å². The van der Waals surface area contributed by atoms with Crippen LogP contribution in [0, 0.1) is 29.6 Å². The highest BCUT2D eigenvalue weighted by atomic mass is 32.3. The summed E-state index contributed by atoms with van der Waals surface area (Å²) in [7, 11) is -8.20. The summed E-state index contributed by atoms with van der Waals surface area (Å²) in [6, 6.07) is 0. The molecule has 2 saturated carbocycles. The molecule has 0 heterocycles. The lowest BCUT2D eigenvalue weighted by Crippen LogP contribution is -2.54. The summed E-state index contributed by atoms with van der Waals surface area (Å²) < 4.78 is 45.1. The summed E-state index contributed by atoms with van der Waals surface area (Å²) in [5, 5.41) is 10.5. The van der Waals surface area contributed by atoms with E-state index in [4.69, 9.17) is 0 Å². The van der Waals surface area contributed by atoms with E-state index in [-0.39, 0.29) is 11.8 Å². The Labute approximate surface area is 115 Å². The predicted molar refractivity (Wildman–Crippen MR) is 72.7 cm³/mol. The Balaban J connectivity index is 2.51. The van der Waals surface area contributed by atoms with E-state index in [0.717, 1.165) is 18.9 Å². The smallest absolute Gasteiger partial charge is 0.270 e. The minimum atomic E-state index is -4.10. The second kappa shape index (κ2) is 4.18. The third-order valence-electron chi connectivity index (χ3n) is 5.43. The minimum absolute atomic E-state index is 0.0329. The zero-order valence-corrected chi connectivity index (χ0v) is 13.3. The van der Waals surface area contributed by atoms with Crippen LogP contribution in [0.1, 0.15) is 26.7 Å². The van der Waals surface area contributed by atoms with Gasteiger partial charge in [0.2, 0.25) is 0 Å². The maximum Gasteiger partial charge on any atom is 0.270 e. The maximum atomic E-state index is 11.9. The summed E-state index contributed by atoms with van der Waals surface area (Å²) in [5.41, 5.74) is 0. The first-order chi connectivity index (χ1) is 8.41. The van der Waals surface area contributed by atoms with Gasteiger partial charge in [-0.1, -0.05) is 13.8 Å². The first-order valence-electron chi connectivity index (χ1n) is 6.52. The van der Waals surface area contributed by atoms with Gasteiger partial charge in [-0.2, -0.15) is 0 Å². The van der Waals surface area contributed by atoms with E-state index in [0.29, 0.717) is 18.3 Å². The molecule has 112 valence electrons. The van der Waals surface area contributed by atoms with Crippen LogP contribution in [0.25, 0.3) is 0 Å². The lowest BCUT2D eigenvalue weighted by Gasteiger charge is -2.39. The van der Waals surface area contributed by atoms with E-state index in [9.17, 15) is 21.9 Å². The van der Waals surface area contributed by atoms with Crippen LogP contribution in [0.3, 0.4) is 0 Å². The van der Waals surface area contributed by atoms with Gasteiger partial charge in [0.05, 0.1) is 0 Å². The van der Waals surface area contributed by atoms with Crippen LogP contribution in [0.4, 0.5) is 0 Å². The molecule has 5 nitrogen and oxygen atoms in total. The zero-order valence-electron chi connectivity index (χ0n) is 11.7. The molecule has 0 aromatic carbocycles. The van der Waals surface area contributed by atoms with E-state index in [2.05, 4.69) is 6.92 Å². The monoisotopic (exact) mass is 310 g/mol. The van der Waals surface area contributed by atoms with E-state index in [1.807, 2.05) is 6.92 Å². The van der Waals surface area contributed by atoms with E-state index in [1.54, 1.807) is 0 Å². The Hall–Kier alpha value is -0.140. The second-order valence-electron chi connectivity index (χ2n) is 6.40. The zero-order chi connectivity index (χ0) is 14.8. The number of hydrogen-bond acceptors (Lipinski definition) is 5. The molecule has 0 amide bonds. The lowest BCUT2D eigenvalue weighted by atomic mass is 9.76. The Morgan fingerprint density at radius 1 is 0.947 bits per heavy atom. The average Bonchev–Trinajstić information content (AvgIpc) is 2.76. The molecule has 2 aliphatic carbocycles. The predicted octanol–water partition coefficient (Wildman–Crippen LogP) is 0.650. The van der Waals surface area contributed by atoms with Crippen molar-refractivity contribution >= 4 is 19.7 Å². The first-order valence-corrected chi connectivity index (χ1v) is 10.3. The molecule has 0 radical (unpaired) electrons. The Bertz CT molecular complexity index is 543. The van der Waals surface area contributed by atoms with Gasteiger partial charge >= 0.3 is 0 Å². The number of rotatable bonds is 3. The van der Waals surface area contributed by atoms with Crippen molar-refractivity contribution < 1.29 is 21.9 Å². The van der Waals surface area contributed by atoms with Crippen molar-refractivity contribution in [3.8, 4) is 0 Å². The second-order valence-corrected chi connectivity index (χ2v) is 11.0. The van der Waals surface area contributed by atoms with Gasteiger partial charge in [0.15, 0.2) is 19.7 Å². The van der Waals surface area contributed by atoms with Crippen LogP contribution >= 0.6 is 0 Å². The molecule has 2 fully saturated rings. The molecular weight excluding hydrogens is 288 g/mol. The maximum absolute atomic E-state index is 11.9. The molecule has 2 bridgehead atoms. The van der Waals surface area contributed by atoms with Crippen molar-refractivity contribution in [1.29, 1.82) is 0 Å². The molecule has 0 spiro atoms. The fraction of sp³-hybridized carbons (Fsp3) is 1.00. The highest BCUT2D eigenvalue weighted by Gasteiger charge is 2.63. The molecule has 5 atom stereocenters. The Morgan fingerprint density at radius 3 is 1.74 bits per heavy atom. The van der Waals surface area contributed by atoms with Gasteiger partial charge in [-0.05, 0) is 36.5 Å². The average molecular weight is 310 g/mol. The third-order valence-corrected chi connectivity index (χ3v) is 9.97. The molecule has 0 saturated heterocycles. The number of aliphatic hydroxyl groups is 1. The molecule has 19 heavy (non-hydrogen) atoms. The van der Waals surface area contributed by atoms with Gasteiger partial charge in [-0.15, -0.1) is 0 Å². The summed E-state index contributed by atoms with van der Waals surface area (Å²) in [4.78, 5) is 0. The van der Waals surface area contributed by atoms with Crippen molar-refractivity contribution in [2.45, 2.75) is 31.0 Å². The molecule has 1 N–H and O–H groups in total. The molecule has 2 rings (SSSR count). The van der Waals surface area contributed by atoms with E-state index < -0.39 is 29.9 Å². The molecule has 0 aromatic heterocycles. The highest BCUT2D eigenvalue weighted by Crippen LogP contribution is 2.59. The van der Waals surface area contributed by atoms with Crippen LogP contribution in [-0.2, 0) is 19.7 Å². The van der Waals surface area contributed by atoms with Crippen LogP contribution in [0.5, 0.6) is 0 Å². The molecule has 0 aliphatic heterocycles. The lowest BCUT2D eigenvalue weighted by molar-refractivity contribution is 0.0657. The topological polar surface area (TPSA) is 88.5 Å². The van der Waals surface area contributed by atoms with Crippen molar-refractivity contribution in [1.82, 2.24) is 0 Å². The third kappa shape index (κ3) is 1.96. The fourth-order valence-electron chi connectivity index (χ4n) is 4.19. The summed E-state index contributed by atoms with van der Waals surface area (Å²) in [6.07, 6.45) is 2.93. The van der Waals surface area contributed by atoms with Gasteiger partial charge in [-0.3, -0.25) is 0 Å². The molecular formula is C12H22O5S2. The molecule has 2 aliphatic rings. The van der Waals surface area contributed by atoms with Gasteiger partial charge in [-0.25, -0.2) is 16.8 Å².